The van der Waals surface area contributed by atoms with Gasteiger partial charge in [0.1, 0.15) is 19.5 Å². The number of esters is 1. The number of ether oxygens (including phenoxy) is 3. The highest BCUT2D eigenvalue weighted by molar-refractivity contribution is 5.88. The molecule has 3 rings (SSSR count). The number of hydrogen-bond donors (Lipinski definition) is 1. The van der Waals surface area contributed by atoms with Crippen LogP contribution in [0.2, 0.25) is 0 Å². The Morgan fingerprint density at radius 1 is 0.962 bits per heavy atom. The van der Waals surface area contributed by atoms with Gasteiger partial charge in [0, 0.05) is 0 Å². The van der Waals surface area contributed by atoms with Crippen molar-refractivity contribution in [2.24, 2.45) is 0 Å². The third-order valence-corrected chi connectivity index (χ3v) is 3.76. The van der Waals surface area contributed by atoms with Gasteiger partial charge in [-0.25, -0.2) is 4.79 Å². The number of nitrogens with one attached hydrogen (secondary N) is 1. The molecule has 0 saturated heterocycles. The summed E-state index contributed by atoms with van der Waals surface area (Å²) in [6.07, 6.45) is 1.19. The molecule has 0 fully saturated rings. The molecule has 1 aliphatic heterocycles. The lowest BCUT2D eigenvalue weighted by Gasteiger charge is -2.20. The highest BCUT2D eigenvalue weighted by atomic mass is 16.6. The number of carbonyl (C=O) groups is 2. The first kappa shape index (κ1) is 17.5. The predicted octanol–water partition coefficient (Wildman–Crippen LogP) is 2.32. The van der Waals surface area contributed by atoms with Crippen molar-refractivity contribution >= 4 is 11.9 Å². The average molecular weight is 353 g/mol. The number of hydrogen-bond acceptors (Lipinski definition) is 5. The predicted molar refractivity (Wildman–Crippen MR) is 93.8 cm³/mol. The number of carbonyl (C=O) groups excluding carboxylic acids is 2. The minimum absolute atomic E-state index is 0.0354. The topological polar surface area (TPSA) is 73.9 Å². The van der Waals surface area contributed by atoms with Crippen LogP contribution >= 0.6 is 0 Å². The van der Waals surface area contributed by atoms with E-state index in [1.165, 1.54) is 6.26 Å². The Hall–Kier alpha value is -3.28. The van der Waals surface area contributed by atoms with Crippen LogP contribution in [0.5, 0.6) is 0 Å². The Balaban J connectivity index is 1.64. The van der Waals surface area contributed by atoms with Crippen LogP contribution in [0.3, 0.4) is 0 Å². The van der Waals surface area contributed by atoms with E-state index in [9.17, 15) is 9.59 Å². The molecule has 1 amide bonds. The average Bonchev–Trinajstić information content (AvgIpc) is 2.72. The monoisotopic (exact) mass is 353 g/mol. The normalized spacial score (nSPS) is 13.2. The summed E-state index contributed by atoms with van der Waals surface area (Å²) in [6, 6.07) is 18.8. The number of rotatable bonds is 6. The third-order valence-electron chi connectivity index (χ3n) is 3.76. The molecule has 0 spiro atoms. The van der Waals surface area contributed by atoms with Crippen LogP contribution in [0.1, 0.15) is 17.2 Å². The molecule has 26 heavy (non-hydrogen) atoms. The van der Waals surface area contributed by atoms with Crippen molar-refractivity contribution in [3.63, 3.8) is 0 Å². The van der Waals surface area contributed by atoms with Crippen molar-refractivity contribution in [1.82, 2.24) is 5.32 Å². The minimum Gasteiger partial charge on any atom is -0.493 e. The van der Waals surface area contributed by atoms with Crippen LogP contribution in [-0.4, -0.2) is 31.7 Å². The molecule has 6 heteroatoms. The van der Waals surface area contributed by atoms with Crippen LogP contribution in [0, 0.1) is 0 Å². The first-order chi connectivity index (χ1) is 12.7. The molecule has 0 atom stereocenters. The van der Waals surface area contributed by atoms with Gasteiger partial charge in [-0.15, -0.1) is 0 Å². The maximum atomic E-state index is 12.3. The summed E-state index contributed by atoms with van der Waals surface area (Å²) < 4.78 is 15.1. The number of benzene rings is 2. The van der Waals surface area contributed by atoms with Gasteiger partial charge in [0.05, 0.1) is 6.04 Å². The van der Waals surface area contributed by atoms with Gasteiger partial charge < -0.3 is 19.5 Å². The SMILES string of the molecule is O=C(COC(=O)C1=COCCO1)NC(c1ccccc1)c1ccccc1. The summed E-state index contributed by atoms with van der Waals surface area (Å²) >= 11 is 0. The highest BCUT2D eigenvalue weighted by Crippen LogP contribution is 2.21. The van der Waals surface area contributed by atoms with E-state index in [0.29, 0.717) is 6.61 Å². The molecule has 0 unspecified atom stereocenters. The largest absolute Gasteiger partial charge is 0.493 e. The van der Waals surface area contributed by atoms with Crippen molar-refractivity contribution in [2.45, 2.75) is 6.04 Å². The zero-order chi connectivity index (χ0) is 18.2. The standard InChI is InChI=1S/C20H19NO5/c22-18(14-26-20(23)17-13-24-11-12-25-17)21-19(15-7-3-1-4-8-15)16-9-5-2-6-10-16/h1-10,13,19H,11-12,14H2,(H,21,22). The van der Waals surface area contributed by atoms with Crippen molar-refractivity contribution in [3.05, 3.63) is 83.8 Å². The van der Waals surface area contributed by atoms with E-state index in [2.05, 4.69) is 5.32 Å². The lowest BCUT2D eigenvalue weighted by atomic mass is 9.99. The van der Waals surface area contributed by atoms with Crippen molar-refractivity contribution in [3.8, 4) is 0 Å². The fourth-order valence-electron chi connectivity index (χ4n) is 2.53. The first-order valence-electron chi connectivity index (χ1n) is 8.25. The van der Waals surface area contributed by atoms with Crippen molar-refractivity contribution < 1.29 is 23.8 Å². The van der Waals surface area contributed by atoms with E-state index in [-0.39, 0.29) is 18.4 Å². The van der Waals surface area contributed by atoms with Crippen LogP contribution in [0.15, 0.2) is 72.7 Å². The molecular formula is C20H19NO5. The van der Waals surface area contributed by atoms with Crippen molar-refractivity contribution in [1.29, 1.82) is 0 Å². The van der Waals surface area contributed by atoms with E-state index < -0.39 is 18.5 Å². The zero-order valence-corrected chi connectivity index (χ0v) is 14.1. The fourth-order valence-corrected chi connectivity index (χ4v) is 2.53. The molecule has 0 aromatic heterocycles. The molecular weight excluding hydrogens is 334 g/mol. The van der Waals surface area contributed by atoms with E-state index in [1.807, 2.05) is 60.7 Å². The fraction of sp³-hybridized carbons (Fsp3) is 0.200. The smallest absolute Gasteiger partial charge is 0.377 e. The van der Waals surface area contributed by atoms with E-state index in [1.54, 1.807) is 0 Å². The third kappa shape index (κ3) is 4.63. The Morgan fingerprint density at radius 3 is 2.12 bits per heavy atom. The molecule has 2 aromatic rings. The summed E-state index contributed by atoms with van der Waals surface area (Å²) in [4.78, 5) is 24.2. The van der Waals surface area contributed by atoms with Gasteiger partial charge in [-0.05, 0) is 11.1 Å². The molecule has 0 aliphatic carbocycles. The van der Waals surface area contributed by atoms with Gasteiger partial charge in [-0.1, -0.05) is 60.7 Å². The minimum atomic E-state index is -0.726. The van der Waals surface area contributed by atoms with Crippen LogP contribution in [-0.2, 0) is 23.8 Å². The molecule has 0 saturated carbocycles. The lowest BCUT2D eigenvalue weighted by Crippen LogP contribution is -2.33. The summed E-state index contributed by atoms with van der Waals surface area (Å²) in [5.74, 6) is -1.17. The summed E-state index contributed by atoms with van der Waals surface area (Å²) in [6.45, 7) is 0.250. The Labute approximate surface area is 151 Å². The summed E-state index contributed by atoms with van der Waals surface area (Å²) in [7, 11) is 0. The number of amides is 1. The molecule has 0 bridgehead atoms. The maximum Gasteiger partial charge on any atom is 0.377 e. The first-order valence-corrected chi connectivity index (χ1v) is 8.25. The van der Waals surface area contributed by atoms with Gasteiger partial charge in [0.2, 0.25) is 5.76 Å². The summed E-state index contributed by atoms with van der Waals surface area (Å²) in [5, 5.41) is 2.90. The molecule has 6 nitrogen and oxygen atoms in total. The molecule has 1 aliphatic rings. The Kier molecular flexibility index (Phi) is 5.88. The Bertz CT molecular complexity index is 734. The second-order valence-corrected chi connectivity index (χ2v) is 5.60. The molecule has 1 N–H and O–H groups in total. The molecule has 1 heterocycles. The van der Waals surface area contributed by atoms with Crippen LogP contribution < -0.4 is 5.32 Å². The molecule has 0 radical (unpaired) electrons. The van der Waals surface area contributed by atoms with Gasteiger partial charge in [0.25, 0.3) is 5.91 Å². The van der Waals surface area contributed by atoms with Crippen molar-refractivity contribution in [2.75, 3.05) is 19.8 Å². The van der Waals surface area contributed by atoms with Crippen LogP contribution in [0.4, 0.5) is 0 Å². The van der Waals surface area contributed by atoms with Crippen LogP contribution in [0.25, 0.3) is 0 Å². The molecule has 134 valence electrons. The second kappa shape index (κ2) is 8.71. The van der Waals surface area contributed by atoms with E-state index >= 15 is 0 Å². The molecule has 2 aromatic carbocycles. The quantitative estimate of drug-likeness (QED) is 0.807. The summed E-state index contributed by atoms with van der Waals surface area (Å²) in [5.41, 5.74) is 1.87. The van der Waals surface area contributed by atoms with Gasteiger partial charge in [-0.2, -0.15) is 0 Å². The maximum absolute atomic E-state index is 12.3. The van der Waals surface area contributed by atoms with E-state index in [0.717, 1.165) is 11.1 Å². The zero-order valence-electron chi connectivity index (χ0n) is 14.1. The lowest BCUT2D eigenvalue weighted by molar-refractivity contribution is -0.149. The highest BCUT2D eigenvalue weighted by Gasteiger charge is 2.20. The second-order valence-electron chi connectivity index (χ2n) is 5.60. The van der Waals surface area contributed by atoms with E-state index in [4.69, 9.17) is 14.2 Å². The van der Waals surface area contributed by atoms with Gasteiger partial charge in [0.15, 0.2) is 6.61 Å². The van der Waals surface area contributed by atoms with Gasteiger partial charge >= 0.3 is 5.97 Å². The Morgan fingerprint density at radius 2 is 1.58 bits per heavy atom. The van der Waals surface area contributed by atoms with Gasteiger partial charge in [-0.3, -0.25) is 4.79 Å².